The van der Waals surface area contributed by atoms with Crippen LogP contribution < -0.4 is 22.2 Å². The van der Waals surface area contributed by atoms with Crippen LogP contribution in [0.1, 0.15) is 11.1 Å². The Balaban J connectivity index is 1.75. The molecule has 0 aliphatic rings. The summed E-state index contributed by atoms with van der Waals surface area (Å²) in [4.78, 5) is 50.5. The maximum atomic E-state index is 12.6. The molecule has 0 atom stereocenters. The van der Waals surface area contributed by atoms with E-state index < -0.39 is 22.2 Å². The Hall–Kier alpha value is -6.96. The largest absolute Gasteiger partial charge is 0.507 e. The van der Waals surface area contributed by atoms with E-state index in [-0.39, 0.29) is 54.6 Å². The normalized spacial score (nSPS) is 10.4. The van der Waals surface area contributed by atoms with E-state index in [2.05, 4.69) is 40.8 Å². The van der Waals surface area contributed by atoms with E-state index in [1.807, 2.05) is 0 Å². The lowest BCUT2D eigenvalue weighted by atomic mass is 10.1. The van der Waals surface area contributed by atoms with Crippen molar-refractivity contribution in [1.29, 1.82) is 0 Å². The maximum absolute atomic E-state index is 12.6. The van der Waals surface area contributed by atoms with E-state index in [0.717, 1.165) is 11.1 Å². The average Bonchev–Trinajstić information content (AvgIpc) is 3.07. The van der Waals surface area contributed by atoms with Gasteiger partial charge in [0.1, 0.15) is 11.5 Å². The highest BCUT2D eigenvalue weighted by molar-refractivity contribution is 5.80. The molecule has 4 aromatic heterocycles. The summed E-state index contributed by atoms with van der Waals surface area (Å²) >= 11 is 0. The van der Waals surface area contributed by atoms with Gasteiger partial charge < -0.3 is 10.2 Å². The van der Waals surface area contributed by atoms with E-state index in [1.54, 1.807) is 38.1 Å². The van der Waals surface area contributed by atoms with Gasteiger partial charge in [0.25, 0.3) is 22.2 Å². The van der Waals surface area contributed by atoms with Crippen LogP contribution in [0, 0.1) is 13.8 Å². The highest BCUT2D eigenvalue weighted by atomic mass is 16.3. The molecule has 0 unspecified atom stereocenters. The van der Waals surface area contributed by atoms with Crippen molar-refractivity contribution in [3.8, 4) is 11.5 Å². The summed E-state index contributed by atoms with van der Waals surface area (Å²) in [6.07, 6.45) is 5.03. The molecule has 0 amide bonds. The van der Waals surface area contributed by atoms with Gasteiger partial charge in [0.15, 0.2) is 0 Å². The molecule has 0 aliphatic carbocycles. The number of rotatable bonds is 0. The maximum Gasteiger partial charge on any atom is 0.271 e. The molecule has 0 saturated carbocycles. The molecule has 0 saturated heterocycles. The molecule has 0 spiro atoms. The van der Waals surface area contributed by atoms with Crippen LogP contribution in [0.4, 0.5) is 0 Å². The van der Waals surface area contributed by atoms with Crippen LogP contribution in [0.5, 0.6) is 11.5 Å². The minimum Gasteiger partial charge on any atom is -0.507 e. The van der Waals surface area contributed by atoms with Crippen molar-refractivity contribution in [3.05, 3.63) is 150 Å². The zero-order chi connectivity index (χ0) is 34.2. The molecule has 14 heteroatoms. The topological polar surface area (TPSA) is 223 Å². The highest BCUT2D eigenvalue weighted by Gasteiger charge is 2.01. The summed E-state index contributed by atoms with van der Waals surface area (Å²) in [6, 6.07) is 18.0. The highest BCUT2D eigenvalue weighted by Crippen LogP contribution is 2.25. The molecule has 6 N–H and O–H groups in total. The predicted molar refractivity (Wildman–Crippen MR) is 182 cm³/mol. The first kappa shape index (κ1) is 32.4. The van der Waals surface area contributed by atoms with Crippen molar-refractivity contribution < 1.29 is 10.2 Å². The van der Waals surface area contributed by atoms with Crippen LogP contribution in [-0.2, 0) is 0 Å². The van der Waals surface area contributed by atoms with Crippen molar-refractivity contribution in [1.82, 2.24) is 40.8 Å². The Morgan fingerprint density at radius 1 is 0.396 bits per heavy atom. The first-order valence-electron chi connectivity index (χ1n) is 14.3. The molecule has 0 radical (unpaired) electrons. The standard InChI is InChI=1S/C34H28N8O6/c1-19-11-25-15-35-39-31(45)21-3-7-23(8-4-21)33(47)41-37-17-27-13-20(2)14-28(30(27)44)18-38-42-34(48)24-9-5-22(6-10-24)32(46)40-36-16-26(12-19)29(25)43/h3-18,43-44H,1-2H3,(H,39,45)(H,40,46)(H,41,47)(H,42,48). The van der Waals surface area contributed by atoms with Crippen molar-refractivity contribution in [2.24, 2.45) is 0 Å². The third-order valence-electron chi connectivity index (χ3n) is 6.92. The van der Waals surface area contributed by atoms with E-state index >= 15 is 0 Å². The Morgan fingerprint density at radius 2 is 0.604 bits per heavy atom. The van der Waals surface area contributed by atoms with Crippen molar-refractivity contribution in [2.45, 2.75) is 13.8 Å². The van der Waals surface area contributed by atoms with Crippen molar-refractivity contribution >= 4 is 43.1 Å². The average molecular weight is 645 g/mol. The van der Waals surface area contributed by atoms with Crippen molar-refractivity contribution in [2.75, 3.05) is 0 Å². The van der Waals surface area contributed by atoms with Crippen molar-refractivity contribution in [3.63, 3.8) is 0 Å². The van der Waals surface area contributed by atoms with Gasteiger partial charge in [-0.25, -0.2) is 20.4 Å². The van der Waals surface area contributed by atoms with Gasteiger partial charge in [-0.1, -0.05) is 0 Å². The van der Waals surface area contributed by atoms with Gasteiger partial charge in [-0.2, -0.15) is 20.4 Å². The third-order valence-corrected chi connectivity index (χ3v) is 6.92. The summed E-state index contributed by atoms with van der Waals surface area (Å²) in [7, 11) is 0. The van der Waals surface area contributed by atoms with E-state index in [0.29, 0.717) is 0 Å². The molecule has 0 fully saturated rings. The summed E-state index contributed by atoms with van der Waals surface area (Å²) in [6.45, 7) is 3.57. The number of nitrogens with one attached hydrogen (secondary N) is 4. The second-order valence-electron chi connectivity index (χ2n) is 10.5. The van der Waals surface area contributed by atoms with Crippen LogP contribution in [0.25, 0.3) is 43.1 Å². The molecule has 4 heterocycles. The number of hydrogen-bond acceptors (Lipinski definition) is 10. The number of benzene rings is 4. The predicted octanol–water partition coefficient (Wildman–Crippen LogP) is 3.72. The number of aryl methyl sites for hydroxylation is 2. The van der Waals surface area contributed by atoms with Gasteiger partial charge in [0.05, 0.1) is 24.8 Å². The number of aromatic hydroxyl groups is 2. The molecule has 8 rings (SSSR count). The van der Waals surface area contributed by atoms with Gasteiger partial charge in [0, 0.05) is 43.1 Å². The lowest BCUT2D eigenvalue weighted by Crippen LogP contribution is -2.06. The summed E-state index contributed by atoms with van der Waals surface area (Å²) in [5.41, 5.74) is -0.751. The molecule has 8 bridgehead atoms. The minimum absolute atomic E-state index is 0.190. The summed E-state index contributed by atoms with van der Waals surface area (Å²) in [5, 5.41) is 48.7. The second kappa shape index (κ2) is 14.4. The van der Waals surface area contributed by atoms with E-state index in [9.17, 15) is 29.4 Å². The number of H-pyrrole nitrogens is 4. The minimum atomic E-state index is -0.561. The molecular formula is C34H28N8O6. The van der Waals surface area contributed by atoms with Crippen LogP contribution in [0.2, 0.25) is 0 Å². The lowest BCUT2D eigenvalue weighted by molar-refractivity contribution is 0.486. The molecule has 14 nitrogen and oxygen atoms in total. The molecule has 240 valence electrons. The van der Waals surface area contributed by atoms with Crippen LogP contribution >= 0.6 is 0 Å². The Kier molecular flexibility index (Phi) is 9.75. The number of hydrogen-bond donors (Lipinski definition) is 6. The fraction of sp³-hybridized carbons (Fsp3) is 0.0588. The molecule has 4 aromatic carbocycles. The number of nitrogens with zero attached hydrogens (tertiary/aromatic N) is 4. The summed E-state index contributed by atoms with van der Waals surface area (Å²) < 4.78 is 0. The lowest BCUT2D eigenvalue weighted by Gasteiger charge is -1.99. The fourth-order valence-corrected chi connectivity index (χ4v) is 4.51. The number of phenols is 2. The summed E-state index contributed by atoms with van der Waals surface area (Å²) in [5.74, 6) is -0.380. The monoisotopic (exact) mass is 644 g/mol. The second-order valence-corrected chi connectivity index (χ2v) is 10.5. The molecular weight excluding hydrogens is 616 g/mol. The third kappa shape index (κ3) is 7.81. The van der Waals surface area contributed by atoms with Gasteiger partial charge in [0.2, 0.25) is 0 Å². The van der Waals surface area contributed by atoms with E-state index in [1.165, 1.54) is 73.3 Å². The number of phenolic OH excluding ortho intramolecular Hbond substituents is 2. The van der Waals surface area contributed by atoms with Crippen LogP contribution in [-0.4, -0.2) is 51.0 Å². The first-order valence-corrected chi connectivity index (χ1v) is 14.3. The zero-order valence-corrected chi connectivity index (χ0v) is 25.6. The van der Waals surface area contributed by atoms with Gasteiger partial charge in [-0.15, -0.1) is 0 Å². The number of aromatic amines is 4. The Morgan fingerprint density at radius 3 is 0.812 bits per heavy atom. The Labute approximate surface area is 269 Å². The molecule has 8 aromatic rings. The quantitative estimate of drug-likeness (QED) is 0.143. The zero-order valence-electron chi connectivity index (χ0n) is 25.6. The van der Waals surface area contributed by atoms with E-state index in [4.69, 9.17) is 0 Å². The van der Waals surface area contributed by atoms with Crippen LogP contribution in [0.3, 0.4) is 0 Å². The SMILES string of the molecule is Cc1cc2cn[nH]c(=O)c3ccc(cc3)c(=O)[nH]ncc3cc(C)cc(cn[nH]c(=O)c4ccc(cc4)c(=O)[nH]ncc(c1)c2O)c3O. The fourth-order valence-electron chi connectivity index (χ4n) is 4.51. The van der Waals surface area contributed by atoms with Gasteiger partial charge in [-0.3, -0.25) is 19.2 Å². The Bertz CT molecular complexity index is 2230. The number of aromatic nitrogens is 8. The molecule has 48 heavy (non-hydrogen) atoms. The molecule has 0 aliphatic heterocycles. The smallest absolute Gasteiger partial charge is 0.271 e. The van der Waals surface area contributed by atoms with Gasteiger partial charge >= 0.3 is 0 Å². The van der Waals surface area contributed by atoms with Gasteiger partial charge in [-0.05, 0) is 97.8 Å². The van der Waals surface area contributed by atoms with Crippen LogP contribution in [0.15, 0.2) is 117 Å². The first-order chi connectivity index (χ1) is 23.1.